The summed E-state index contributed by atoms with van der Waals surface area (Å²) >= 11 is 1.57. The minimum Gasteiger partial charge on any atom is -0.298 e. The zero-order chi connectivity index (χ0) is 10.0. The van der Waals surface area contributed by atoms with Crippen molar-refractivity contribution < 1.29 is 18.0 Å². The van der Waals surface area contributed by atoms with Crippen molar-refractivity contribution in [3.8, 4) is 0 Å². The first kappa shape index (κ1) is 10.4. The van der Waals surface area contributed by atoms with E-state index in [0.29, 0.717) is 0 Å². The lowest BCUT2D eigenvalue weighted by atomic mass is 10.2. The molecule has 0 saturated carbocycles. The molecule has 1 heterocycles. The van der Waals surface area contributed by atoms with Crippen molar-refractivity contribution in [2.45, 2.75) is 6.43 Å². The molecule has 0 N–H and O–H groups in total. The Balaban J connectivity index is 3.32. The summed E-state index contributed by atoms with van der Waals surface area (Å²) in [6.07, 6.45) is -2.71. The molecule has 0 aliphatic rings. The molecule has 70 valence electrons. The molecule has 0 unspecified atom stereocenters. The van der Waals surface area contributed by atoms with E-state index >= 15 is 0 Å². The van der Waals surface area contributed by atoms with E-state index in [1.54, 1.807) is 22.6 Å². The Morgan fingerprint density at radius 3 is 2.62 bits per heavy atom. The lowest BCUT2D eigenvalue weighted by molar-refractivity contribution is 0.110. The van der Waals surface area contributed by atoms with Gasteiger partial charge in [-0.05, 0) is 28.7 Å². The number of alkyl halides is 2. The molecule has 0 fully saturated rings. The molecule has 2 nitrogen and oxygen atoms in total. The van der Waals surface area contributed by atoms with Gasteiger partial charge in [0.2, 0.25) is 5.95 Å². The first-order chi connectivity index (χ1) is 6.06. The van der Waals surface area contributed by atoms with E-state index in [4.69, 9.17) is 0 Å². The highest BCUT2D eigenvalue weighted by molar-refractivity contribution is 14.1. The molecule has 0 amide bonds. The SMILES string of the molecule is O=Cc1cc(I)c(F)nc1C(F)F. The van der Waals surface area contributed by atoms with Gasteiger partial charge in [0, 0.05) is 5.56 Å². The van der Waals surface area contributed by atoms with E-state index in [0.717, 1.165) is 6.07 Å². The van der Waals surface area contributed by atoms with E-state index in [2.05, 4.69) is 4.98 Å². The van der Waals surface area contributed by atoms with E-state index < -0.39 is 18.1 Å². The molecule has 0 atom stereocenters. The number of hydrogen-bond donors (Lipinski definition) is 0. The maximum Gasteiger partial charge on any atom is 0.281 e. The van der Waals surface area contributed by atoms with Crippen molar-refractivity contribution in [1.82, 2.24) is 4.98 Å². The zero-order valence-corrected chi connectivity index (χ0v) is 8.26. The van der Waals surface area contributed by atoms with Gasteiger partial charge in [0.1, 0.15) is 5.69 Å². The number of carbonyl (C=O) groups is 1. The highest BCUT2D eigenvalue weighted by Gasteiger charge is 2.17. The predicted octanol–water partition coefficient (Wildman–Crippen LogP) is 2.58. The van der Waals surface area contributed by atoms with E-state index in [1.807, 2.05) is 0 Å². The van der Waals surface area contributed by atoms with Gasteiger partial charge in [0.25, 0.3) is 6.43 Å². The van der Waals surface area contributed by atoms with Crippen LogP contribution in [0.2, 0.25) is 0 Å². The number of aldehydes is 1. The van der Waals surface area contributed by atoms with E-state index in [1.165, 1.54) is 0 Å². The Bertz CT molecular complexity index is 343. The Morgan fingerprint density at radius 1 is 1.54 bits per heavy atom. The molecule has 0 aliphatic heterocycles. The summed E-state index contributed by atoms with van der Waals surface area (Å²) in [5.41, 5.74) is -1.09. The molecule has 0 spiro atoms. The van der Waals surface area contributed by atoms with Crippen molar-refractivity contribution >= 4 is 28.9 Å². The largest absolute Gasteiger partial charge is 0.298 e. The molecule has 1 aromatic heterocycles. The van der Waals surface area contributed by atoms with E-state index in [-0.39, 0.29) is 15.4 Å². The summed E-state index contributed by atoms with van der Waals surface area (Å²) < 4.78 is 37.0. The van der Waals surface area contributed by atoms with Crippen LogP contribution in [0.15, 0.2) is 6.07 Å². The second-order valence-corrected chi connectivity index (χ2v) is 3.32. The maximum absolute atomic E-state index is 12.7. The van der Waals surface area contributed by atoms with Crippen molar-refractivity contribution in [2.75, 3.05) is 0 Å². The average molecular weight is 301 g/mol. The Morgan fingerprint density at radius 2 is 2.15 bits per heavy atom. The minimum atomic E-state index is -2.94. The van der Waals surface area contributed by atoms with Crippen molar-refractivity contribution in [3.05, 3.63) is 26.8 Å². The molecular formula is C7H3F3INO. The fourth-order valence-electron chi connectivity index (χ4n) is 0.763. The summed E-state index contributed by atoms with van der Waals surface area (Å²) in [6.45, 7) is 0. The van der Waals surface area contributed by atoms with Gasteiger partial charge in [0.15, 0.2) is 6.29 Å². The summed E-state index contributed by atoms with van der Waals surface area (Å²) in [5.74, 6) is -0.985. The summed E-state index contributed by atoms with van der Waals surface area (Å²) in [4.78, 5) is 13.3. The monoisotopic (exact) mass is 301 g/mol. The number of pyridine rings is 1. The molecule has 0 radical (unpaired) electrons. The average Bonchev–Trinajstić information content (AvgIpc) is 2.08. The van der Waals surface area contributed by atoms with Crippen LogP contribution in [0.3, 0.4) is 0 Å². The maximum atomic E-state index is 12.7. The van der Waals surface area contributed by atoms with Crippen LogP contribution >= 0.6 is 22.6 Å². The van der Waals surface area contributed by atoms with Crippen LogP contribution in [0.25, 0.3) is 0 Å². The first-order valence-electron chi connectivity index (χ1n) is 3.15. The number of carbonyl (C=O) groups excluding carboxylic acids is 1. The smallest absolute Gasteiger partial charge is 0.281 e. The first-order valence-corrected chi connectivity index (χ1v) is 4.23. The predicted molar refractivity (Wildman–Crippen MR) is 47.3 cm³/mol. The van der Waals surface area contributed by atoms with Crippen LogP contribution < -0.4 is 0 Å². The number of hydrogen-bond acceptors (Lipinski definition) is 2. The van der Waals surface area contributed by atoms with Gasteiger partial charge in [-0.2, -0.15) is 4.39 Å². The summed E-state index contributed by atoms with van der Waals surface area (Å²) in [5, 5.41) is 0. The third-order valence-corrected chi connectivity index (χ3v) is 2.08. The second kappa shape index (κ2) is 4.03. The van der Waals surface area contributed by atoms with Crippen molar-refractivity contribution in [2.24, 2.45) is 0 Å². The Hall–Kier alpha value is -0.660. The summed E-state index contributed by atoms with van der Waals surface area (Å²) in [6, 6.07) is 1.04. The van der Waals surface area contributed by atoms with Crippen LogP contribution in [0, 0.1) is 9.52 Å². The van der Waals surface area contributed by atoms with E-state index in [9.17, 15) is 18.0 Å². The third kappa shape index (κ3) is 2.17. The van der Waals surface area contributed by atoms with Gasteiger partial charge in [0.05, 0.1) is 3.57 Å². The van der Waals surface area contributed by atoms with Gasteiger partial charge in [-0.15, -0.1) is 0 Å². The number of nitrogens with zero attached hydrogens (tertiary/aromatic N) is 1. The van der Waals surface area contributed by atoms with Crippen LogP contribution in [-0.4, -0.2) is 11.3 Å². The topological polar surface area (TPSA) is 30.0 Å². The van der Waals surface area contributed by atoms with Gasteiger partial charge >= 0.3 is 0 Å². The molecule has 0 aliphatic carbocycles. The lowest BCUT2D eigenvalue weighted by Gasteiger charge is -2.03. The quantitative estimate of drug-likeness (QED) is 0.477. The van der Waals surface area contributed by atoms with Crippen LogP contribution in [0.1, 0.15) is 22.5 Å². The Kier molecular flexibility index (Phi) is 3.23. The molecule has 1 rings (SSSR count). The van der Waals surface area contributed by atoms with Crippen LogP contribution in [0.5, 0.6) is 0 Å². The van der Waals surface area contributed by atoms with Crippen LogP contribution in [-0.2, 0) is 0 Å². The van der Waals surface area contributed by atoms with Crippen molar-refractivity contribution in [3.63, 3.8) is 0 Å². The lowest BCUT2D eigenvalue weighted by Crippen LogP contribution is -2.02. The zero-order valence-electron chi connectivity index (χ0n) is 6.10. The van der Waals surface area contributed by atoms with Gasteiger partial charge in [-0.25, -0.2) is 13.8 Å². The molecule has 0 saturated heterocycles. The van der Waals surface area contributed by atoms with Gasteiger partial charge in [-0.1, -0.05) is 0 Å². The second-order valence-electron chi connectivity index (χ2n) is 2.15. The van der Waals surface area contributed by atoms with Gasteiger partial charge < -0.3 is 0 Å². The number of halogens is 4. The molecule has 13 heavy (non-hydrogen) atoms. The third-order valence-electron chi connectivity index (χ3n) is 1.33. The standard InChI is InChI=1S/C7H3F3INO/c8-6(9)5-3(2-13)1-4(11)7(10)12-5/h1-2,6H. The Labute approximate surface area is 85.3 Å². The highest BCUT2D eigenvalue weighted by atomic mass is 127. The molecule has 6 heteroatoms. The number of aromatic nitrogens is 1. The van der Waals surface area contributed by atoms with Crippen molar-refractivity contribution in [1.29, 1.82) is 0 Å². The normalized spacial score (nSPS) is 10.5. The molecule has 0 aromatic carbocycles. The highest BCUT2D eigenvalue weighted by Crippen LogP contribution is 2.22. The molecular weight excluding hydrogens is 298 g/mol. The van der Waals surface area contributed by atoms with Gasteiger partial charge in [-0.3, -0.25) is 4.79 Å². The molecule has 0 bridgehead atoms. The number of rotatable bonds is 2. The minimum absolute atomic E-state index is 0.0455. The fraction of sp³-hybridized carbons (Fsp3) is 0.143. The molecule has 1 aromatic rings. The summed E-state index contributed by atoms with van der Waals surface area (Å²) in [7, 11) is 0. The van der Waals surface area contributed by atoms with Crippen LogP contribution in [0.4, 0.5) is 13.2 Å². The fourth-order valence-corrected chi connectivity index (χ4v) is 1.22.